The Morgan fingerprint density at radius 3 is 1.91 bits per heavy atom. The van der Waals surface area contributed by atoms with E-state index in [2.05, 4.69) is 12.1 Å². The van der Waals surface area contributed by atoms with Crippen molar-refractivity contribution in [2.75, 3.05) is 26.2 Å². The van der Waals surface area contributed by atoms with E-state index in [9.17, 15) is 14.4 Å². The van der Waals surface area contributed by atoms with E-state index in [1.807, 2.05) is 59.2 Å². The van der Waals surface area contributed by atoms with Crippen LogP contribution < -0.4 is 5.69 Å². The highest BCUT2D eigenvalue weighted by Gasteiger charge is 2.24. The van der Waals surface area contributed by atoms with Crippen molar-refractivity contribution in [1.82, 2.24) is 18.9 Å². The van der Waals surface area contributed by atoms with Crippen molar-refractivity contribution in [3.63, 3.8) is 0 Å². The van der Waals surface area contributed by atoms with Gasteiger partial charge in [0.25, 0.3) is 0 Å². The summed E-state index contributed by atoms with van der Waals surface area (Å²) in [5, 5.41) is 0. The highest BCUT2D eigenvalue weighted by atomic mass is 16.2. The van der Waals surface area contributed by atoms with Gasteiger partial charge in [-0.25, -0.2) is 4.79 Å². The first-order valence-electron chi connectivity index (χ1n) is 11.9. The zero-order valence-corrected chi connectivity index (χ0v) is 19.3. The minimum atomic E-state index is -0.0718. The van der Waals surface area contributed by atoms with Crippen LogP contribution in [0.5, 0.6) is 0 Å². The van der Waals surface area contributed by atoms with Gasteiger partial charge in [-0.1, -0.05) is 42.5 Å². The zero-order chi connectivity index (χ0) is 23.2. The second kappa shape index (κ2) is 10.5. The van der Waals surface area contributed by atoms with Crippen molar-refractivity contribution in [1.29, 1.82) is 0 Å². The standard InChI is InChI=1S/C26H32N4O3/c1-2-29-22-12-6-7-13-23(22)30(26(29)33)16-15-25(32)28-19-17-27(18-20-28)24(31)14-8-11-21-9-4-3-5-10-21/h3-7,9-10,12-13H,2,8,11,14-20H2,1H3. The van der Waals surface area contributed by atoms with Crippen LogP contribution in [0.2, 0.25) is 0 Å². The second-order valence-electron chi connectivity index (χ2n) is 8.52. The van der Waals surface area contributed by atoms with E-state index in [-0.39, 0.29) is 23.9 Å². The van der Waals surface area contributed by atoms with Gasteiger partial charge in [0.1, 0.15) is 0 Å². The molecule has 7 nitrogen and oxygen atoms in total. The van der Waals surface area contributed by atoms with Crippen LogP contribution in [0, 0.1) is 0 Å². The predicted molar refractivity (Wildman–Crippen MR) is 129 cm³/mol. The van der Waals surface area contributed by atoms with Gasteiger partial charge in [-0.3, -0.25) is 18.7 Å². The summed E-state index contributed by atoms with van der Waals surface area (Å²) in [4.78, 5) is 41.8. The Balaban J connectivity index is 1.25. The van der Waals surface area contributed by atoms with Crippen molar-refractivity contribution in [2.24, 2.45) is 0 Å². The number of rotatable bonds is 8. The van der Waals surface area contributed by atoms with Gasteiger partial charge in [0.15, 0.2) is 0 Å². The third-order valence-electron chi connectivity index (χ3n) is 6.47. The van der Waals surface area contributed by atoms with E-state index in [4.69, 9.17) is 0 Å². The van der Waals surface area contributed by atoms with Gasteiger partial charge in [-0.15, -0.1) is 0 Å². The fourth-order valence-electron chi connectivity index (χ4n) is 4.61. The van der Waals surface area contributed by atoms with Crippen molar-refractivity contribution in [3.05, 3.63) is 70.6 Å². The molecule has 0 bridgehead atoms. The minimum absolute atomic E-state index is 0.0337. The molecular weight excluding hydrogens is 416 g/mol. The Morgan fingerprint density at radius 1 is 0.758 bits per heavy atom. The number of aromatic nitrogens is 2. The molecule has 4 rings (SSSR count). The van der Waals surface area contributed by atoms with Gasteiger partial charge in [-0.05, 0) is 37.5 Å². The normalized spacial score (nSPS) is 14.1. The summed E-state index contributed by atoms with van der Waals surface area (Å²) in [6.07, 6.45) is 2.55. The lowest BCUT2D eigenvalue weighted by atomic mass is 10.1. The number of amides is 2. The Bertz CT molecular complexity index is 1160. The quantitative estimate of drug-likeness (QED) is 0.532. The number of para-hydroxylation sites is 2. The topological polar surface area (TPSA) is 67.6 Å². The van der Waals surface area contributed by atoms with Gasteiger partial charge in [0, 0.05) is 52.1 Å². The molecule has 1 aromatic heterocycles. The van der Waals surface area contributed by atoms with Crippen molar-refractivity contribution in [3.8, 4) is 0 Å². The molecule has 0 spiro atoms. The Kier molecular flexibility index (Phi) is 7.27. The largest absolute Gasteiger partial charge is 0.339 e. The lowest BCUT2D eigenvalue weighted by Gasteiger charge is -2.35. The number of aryl methyl sites for hydroxylation is 3. The SMILES string of the molecule is CCn1c(=O)n(CCC(=O)N2CCN(C(=O)CCCc3ccccc3)CC2)c2ccccc21. The lowest BCUT2D eigenvalue weighted by molar-refractivity contribution is -0.139. The van der Waals surface area contributed by atoms with E-state index in [1.54, 1.807) is 9.13 Å². The monoisotopic (exact) mass is 448 g/mol. The molecule has 2 amide bonds. The number of carbonyl (C=O) groups excluding carboxylic acids is 2. The van der Waals surface area contributed by atoms with Crippen molar-refractivity contribution < 1.29 is 9.59 Å². The molecule has 7 heteroatoms. The third kappa shape index (κ3) is 5.18. The smallest absolute Gasteiger partial charge is 0.329 e. The molecule has 0 radical (unpaired) electrons. The third-order valence-corrected chi connectivity index (χ3v) is 6.47. The van der Waals surface area contributed by atoms with E-state index in [1.165, 1.54) is 5.56 Å². The summed E-state index contributed by atoms with van der Waals surface area (Å²) in [6, 6.07) is 17.9. The van der Waals surface area contributed by atoms with Crippen LogP contribution in [-0.2, 0) is 29.1 Å². The zero-order valence-electron chi connectivity index (χ0n) is 19.3. The number of benzene rings is 2. The van der Waals surface area contributed by atoms with Gasteiger partial charge >= 0.3 is 5.69 Å². The van der Waals surface area contributed by atoms with Crippen LogP contribution in [-0.4, -0.2) is 56.9 Å². The average Bonchev–Trinajstić information content (AvgIpc) is 3.13. The highest BCUT2D eigenvalue weighted by molar-refractivity contribution is 5.79. The summed E-state index contributed by atoms with van der Waals surface area (Å²) in [6.45, 7) is 5.16. The minimum Gasteiger partial charge on any atom is -0.339 e. The predicted octanol–water partition coefficient (Wildman–Crippen LogP) is 2.91. The molecule has 1 fully saturated rings. The maximum atomic E-state index is 12.8. The number of carbonyl (C=O) groups is 2. The molecule has 3 aromatic rings. The molecule has 0 saturated carbocycles. The average molecular weight is 449 g/mol. The highest BCUT2D eigenvalue weighted by Crippen LogP contribution is 2.14. The fraction of sp³-hybridized carbons (Fsp3) is 0.423. The van der Waals surface area contributed by atoms with Gasteiger partial charge in [0.05, 0.1) is 11.0 Å². The Hall–Kier alpha value is -3.35. The second-order valence-corrected chi connectivity index (χ2v) is 8.52. The van der Waals surface area contributed by atoms with Crippen LogP contribution in [0.1, 0.15) is 31.7 Å². The lowest BCUT2D eigenvalue weighted by Crippen LogP contribution is -2.50. The van der Waals surface area contributed by atoms with Gasteiger partial charge < -0.3 is 9.80 Å². The number of piperazine rings is 1. The van der Waals surface area contributed by atoms with Crippen LogP contribution in [0.3, 0.4) is 0 Å². The number of nitrogens with zero attached hydrogens (tertiary/aromatic N) is 4. The maximum absolute atomic E-state index is 12.8. The first-order valence-corrected chi connectivity index (χ1v) is 11.9. The molecule has 0 N–H and O–H groups in total. The number of fused-ring (bicyclic) bond motifs is 1. The molecule has 2 aromatic carbocycles. The van der Waals surface area contributed by atoms with E-state index in [0.717, 1.165) is 23.9 Å². The van der Waals surface area contributed by atoms with E-state index in [0.29, 0.717) is 45.7 Å². The number of imidazole rings is 1. The fourth-order valence-corrected chi connectivity index (χ4v) is 4.61. The molecule has 0 aliphatic carbocycles. The van der Waals surface area contributed by atoms with Crippen LogP contribution in [0.4, 0.5) is 0 Å². The van der Waals surface area contributed by atoms with Crippen molar-refractivity contribution in [2.45, 2.75) is 45.7 Å². The Morgan fingerprint density at radius 2 is 1.30 bits per heavy atom. The number of hydrogen-bond donors (Lipinski definition) is 0. The van der Waals surface area contributed by atoms with Crippen LogP contribution in [0.15, 0.2) is 59.4 Å². The molecular formula is C26H32N4O3. The molecule has 174 valence electrons. The first kappa shape index (κ1) is 22.8. The summed E-state index contributed by atoms with van der Waals surface area (Å²) in [5.41, 5.74) is 2.94. The molecule has 0 unspecified atom stereocenters. The first-order chi connectivity index (χ1) is 16.1. The molecule has 33 heavy (non-hydrogen) atoms. The number of hydrogen-bond acceptors (Lipinski definition) is 3. The van der Waals surface area contributed by atoms with Crippen molar-refractivity contribution >= 4 is 22.8 Å². The van der Waals surface area contributed by atoms with Crippen LogP contribution >= 0.6 is 0 Å². The molecule has 0 atom stereocenters. The maximum Gasteiger partial charge on any atom is 0.329 e. The van der Waals surface area contributed by atoms with E-state index < -0.39 is 0 Å². The van der Waals surface area contributed by atoms with Gasteiger partial charge in [0.2, 0.25) is 11.8 Å². The van der Waals surface area contributed by atoms with Gasteiger partial charge in [-0.2, -0.15) is 0 Å². The molecule has 1 aliphatic heterocycles. The Labute approximate surface area is 194 Å². The summed E-state index contributed by atoms with van der Waals surface area (Å²) < 4.78 is 3.44. The summed E-state index contributed by atoms with van der Waals surface area (Å²) in [7, 11) is 0. The summed E-state index contributed by atoms with van der Waals surface area (Å²) >= 11 is 0. The van der Waals surface area contributed by atoms with E-state index >= 15 is 0 Å². The molecule has 2 heterocycles. The summed E-state index contributed by atoms with van der Waals surface area (Å²) in [5.74, 6) is 0.198. The molecule has 1 aliphatic rings. The molecule has 1 saturated heterocycles. The van der Waals surface area contributed by atoms with Crippen LogP contribution in [0.25, 0.3) is 11.0 Å².